The lowest BCUT2D eigenvalue weighted by atomic mass is 9.33. The molecule has 0 radical (unpaired) electrons. The Morgan fingerprint density at radius 2 is 0.709 bits per heavy atom. The molecule has 0 aliphatic carbocycles. The molecule has 20 rings (SSSR count). The number of hydrogen-bond donors (Lipinski definition) is 0. The fourth-order valence-electron chi connectivity index (χ4n) is 17.6. The highest BCUT2D eigenvalue weighted by Crippen LogP contribution is 2.55. The molecule has 2 aliphatic heterocycles. The standard InChI is InChI=1S/C109H92BN7/c1-106(2,3)77-52-57-96-88(63-77)85-46-30-33-49-94(85)115(96)82-67-99-101-100(68-82)117(102-87(71-38-22-15-23-39-71)64-80(109(10,11)12)65-89(102)105-112-103(72-40-24-16-25-41-72)111-104(113-105)73-42-26-17-27-43-73)98-66-81(114-92-47-31-28-44-83(92)84-45-29-32-48-93(84)114)53-55-91(98)110(101)90-54-50-75(76-58-78(107(4,5)6)62-79(59-76)108(7,8)9)61-97(90)116(99)95-56-51-74(69-34-18-13-19-35-69)60-86(95)70-36-20-14-21-37-70/h13-68H,1-12H3/i28D,29D,31D,32D,44D,45D,47D,48D. The van der Waals surface area contributed by atoms with E-state index in [2.05, 4.69) is 316 Å². The normalized spacial score (nSPS) is 13.9. The molecule has 0 N–H and O–H groups in total. The fraction of sp³-hybridized carbons (Fsp3) is 0.147. The molecule has 0 saturated heterocycles. The van der Waals surface area contributed by atoms with Crippen LogP contribution < -0.4 is 26.2 Å². The maximum atomic E-state index is 10.1. The summed E-state index contributed by atoms with van der Waals surface area (Å²) in [5, 5.41) is 2.13. The first-order valence-electron chi connectivity index (χ1n) is 44.5. The van der Waals surface area contributed by atoms with Gasteiger partial charge in [0, 0.05) is 77.8 Å². The summed E-state index contributed by atoms with van der Waals surface area (Å²) in [4.78, 5) is 21.8. The summed E-state index contributed by atoms with van der Waals surface area (Å²) in [6.45, 7) is 26.6. The van der Waals surface area contributed by atoms with Gasteiger partial charge in [-0.05, 0) is 179 Å². The summed E-state index contributed by atoms with van der Waals surface area (Å²) in [6.07, 6.45) is 0. The van der Waals surface area contributed by atoms with Gasteiger partial charge in [0.25, 0.3) is 6.71 Å². The minimum atomic E-state index is -0.603. The van der Waals surface area contributed by atoms with Crippen LogP contribution in [0.25, 0.3) is 134 Å². The molecule has 2 aliphatic rings. The van der Waals surface area contributed by atoms with Crippen LogP contribution in [0.1, 0.15) is 116 Å². The second-order valence-electron chi connectivity index (χ2n) is 35.5. The number of rotatable bonds is 11. The number of para-hydroxylation sites is 3. The summed E-state index contributed by atoms with van der Waals surface area (Å²) in [5.41, 5.74) is 24.7. The molecule has 566 valence electrons. The van der Waals surface area contributed by atoms with Crippen LogP contribution in [0.15, 0.2) is 340 Å². The maximum absolute atomic E-state index is 10.1. The van der Waals surface area contributed by atoms with Crippen LogP contribution in [0.4, 0.5) is 34.1 Å². The third-order valence-corrected chi connectivity index (χ3v) is 23.8. The van der Waals surface area contributed by atoms with Gasteiger partial charge >= 0.3 is 0 Å². The van der Waals surface area contributed by atoms with Gasteiger partial charge in [-0.1, -0.05) is 338 Å². The van der Waals surface area contributed by atoms with E-state index in [-0.39, 0.29) is 38.1 Å². The molecule has 0 amide bonds. The average molecular weight is 1520 g/mol. The summed E-state index contributed by atoms with van der Waals surface area (Å²) in [7, 11) is 0. The lowest BCUT2D eigenvalue weighted by Crippen LogP contribution is -2.61. The van der Waals surface area contributed by atoms with Crippen molar-refractivity contribution in [3.8, 4) is 90.0 Å². The molecular weight excluding hydrogens is 1420 g/mol. The van der Waals surface area contributed by atoms with Crippen LogP contribution in [0.3, 0.4) is 0 Å². The molecule has 0 fully saturated rings. The Labute approximate surface area is 698 Å². The predicted octanol–water partition coefficient (Wildman–Crippen LogP) is 27.0. The third kappa shape index (κ3) is 12.5. The van der Waals surface area contributed by atoms with Crippen LogP contribution in [0.5, 0.6) is 0 Å². The van der Waals surface area contributed by atoms with Gasteiger partial charge in [0.2, 0.25) is 0 Å². The van der Waals surface area contributed by atoms with Crippen molar-refractivity contribution < 1.29 is 11.0 Å². The minimum absolute atomic E-state index is 0.00219. The highest BCUT2D eigenvalue weighted by Gasteiger charge is 2.46. The number of anilines is 6. The van der Waals surface area contributed by atoms with Crippen molar-refractivity contribution in [2.45, 2.75) is 105 Å². The van der Waals surface area contributed by atoms with Gasteiger partial charge in [0.05, 0.1) is 50.1 Å². The van der Waals surface area contributed by atoms with Crippen LogP contribution >= 0.6 is 0 Å². The molecule has 5 heterocycles. The quantitative estimate of drug-likeness (QED) is 0.121. The number of hydrogen-bond acceptors (Lipinski definition) is 5. The van der Waals surface area contributed by atoms with Gasteiger partial charge in [0.1, 0.15) is 0 Å². The lowest BCUT2D eigenvalue weighted by Gasteiger charge is -2.46. The van der Waals surface area contributed by atoms with E-state index in [0.717, 1.165) is 128 Å². The molecule has 0 spiro atoms. The Balaban J connectivity index is 1.02. The predicted molar refractivity (Wildman–Crippen MR) is 495 cm³/mol. The van der Waals surface area contributed by atoms with Gasteiger partial charge in [-0.15, -0.1) is 0 Å². The van der Waals surface area contributed by atoms with Crippen LogP contribution in [-0.2, 0) is 21.7 Å². The SMILES string of the molecule is [2H]c1c([2H])c([2H])c2c(c1[2H])c1c([2H])c([2H])c([2H])c([2H])c1n2-c1ccc2c(c1)N(c1c(-c3ccccc3)cc(C(C)(C)C)cc1-c1nc(-c3ccccc3)nc(-c3ccccc3)n1)c1cc(-n3c4ccccc4c4cc(C(C)(C)C)ccc43)cc3c1B2c1ccc(-c2cc(C(C)(C)C)cc(C(C)(C)C)c2)cc1N3c1ccc(-c2ccccc2)cc1-c1ccccc1. The molecule has 117 heavy (non-hydrogen) atoms. The molecule has 0 bridgehead atoms. The van der Waals surface area contributed by atoms with Crippen LogP contribution in [-0.4, -0.2) is 30.8 Å². The molecule has 15 aromatic carbocycles. The van der Waals surface area contributed by atoms with E-state index >= 15 is 0 Å². The average Bonchev–Trinajstić information content (AvgIpc) is 1.000. The van der Waals surface area contributed by atoms with Crippen molar-refractivity contribution >= 4 is 101 Å². The van der Waals surface area contributed by atoms with E-state index in [0.29, 0.717) is 40.1 Å². The van der Waals surface area contributed by atoms with Crippen molar-refractivity contribution in [1.29, 1.82) is 0 Å². The van der Waals surface area contributed by atoms with Crippen molar-refractivity contribution in [3.63, 3.8) is 0 Å². The largest absolute Gasteiger partial charge is 0.311 e. The number of fused-ring (bicyclic) bond motifs is 10. The van der Waals surface area contributed by atoms with Gasteiger partial charge in [0.15, 0.2) is 17.5 Å². The first kappa shape index (κ1) is 63.9. The number of benzene rings is 15. The fourth-order valence-corrected chi connectivity index (χ4v) is 17.6. The van der Waals surface area contributed by atoms with Crippen molar-refractivity contribution in [3.05, 3.63) is 362 Å². The molecule has 0 saturated carbocycles. The van der Waals surface area contributed by atoms with Gasteiger partial charge in [-0.25, -0.2) is 15.0 Å². The van der Waals surface area contributed by atoms with Crippen molar-refractivity contribution in [1.82, 2.24) is 24.1 Å². The Hall–Kier alpha value is -13.4. The Morgan fingerprint density at radius 1 is 0.265 bits per heavy atom. The Morgan fingerprint density at radius 3 is 1.29 bits per heavy atom. The summed E-state index contributed by atoms with van der Waals surface area (Å²) >= 11 is 0. The highest BCUT2D eigenvalue weighted by atomic mass is 15.2. The van der Waals surface area contributed by atoms with Crippen molar-refractivity contribution in [2.24, 2.45) is 0 Å². The summed E-state index contributed by atoms with van der Waals surface area (Å²) in [5.74, 6) is 1.32. The first-order valence-corrected chi connectivity index (χ1v) is 40.5. The van der Waals surface area contributed by atoms with Crippen molar-refractivity contribution in [2.75, 3.05) is 9.80 Å². The zero-order valence-corrected chi connectivity index (χ0v) is 67.9. The van der Waals surface area contributed by atoms with E-state index in [9.17, 15) is 11.0 Å². The van der Waals surface area contributed by atoms with E-state index < -0.39 is 60.5 Å². The van der Waals surface area contributed by atoms with E-state index in [1.807, 2.05) is 72.8 Å². The van der Waals surface area contributed by atoms with Gasteiger partial charge < -0.3 is 18.9 Å². The zero-order chi connectivity index (χ0) is 86.9. The van der Waals surface area contributed by atoms with Gasteiger partial charge in [-0.3, -0.25) is 0 Å². The Kier molecular flexibility index (Phi) is 15.1. The highest BCUT2D eigenvalue weighted by molar-refractivity contribution is 7.00. The minimum Gasteiger partial charge on any atom is -0.311 e. The molecule has 0 atom stereocenters. The van der Waals surface area contributed by atoms with E-state index in [1.54, 1.807) is 4.57 Å². The second-order valence-corrected chi connectivity index (χ2v) is 35.5. The Bertz CT molecular complexity index is 7320. The van der Waals surface area contributed by atoms with E-state index in [1.165, 1.54) is 16.7 Å². The molecule has 7 nitrogen and oxygen atoms in total. The molecule has 18 aromatic rings. The zero-order valence-electron chi connectivity index (χ0n) is 75.9. The summed E-state index contributed by atoms with van der Waals surface area (Å²) < 4.78 is 81.2. The van der Waals surface area contributed by atoms with Gasteiger partial charge in [-0.2, -0.15) is 0 Å². The molecule has 3 aromatic heterocycles. The molecule has 8 heteroatoms. The maximum Gasteiger partial charge on any atom is 0.252 e. The van der Waals surface area contributed by atoms with E-state index in [4.69, 9.17) is 15.0 Å². The third-order valence-electron chi connectivity index (χ3n) is 23.8. The molecule has 0 unspecified atom stereocenters. The van der Waals surface area contributed by atoms with Crippen LogP contribution in [0, 0.1) is 0 Å². The topological polar surface area (TPSA) is 55.0 Å². The lowest BCUT2D eigenvalue weighted by molar-refractivity contribution is 0.569. The van der Waals surface area contributed by atoms with Crippen LogP contribution in [0.2, 0.25) is 0 Å². The second kappa shape index (κ2) is 27.7. The first-order chi connectivity index (χ1) is 59.9. The molecular formula is C109H92BN7. The number of nitrogens with zero attached hydrogens (tertiary/aromatic N) is 7. The smallest absolute Gasteiger partial charge is 0.252 e. The number of aromatic nitrogens is 5. The monoisotopic (exact) mass is 1520 g/mol. The summed E-state index contributed by atoms with van der Waals surface area (Å²) in [6, 6.07) is 101.